The summed E-state index contributed by atoms with van der Waals surface area (Å²) in [6.45, 7) is 6.70. The molecule has 1 saturated heterocycles. The first-order valence-electron chi connectivity index (χ1n) is 9.53. The first-order valence-corrected chi connectivity index (χ1v) is 9.53. The minimum Gasteiger partial charge on any atom is -0.300 e. The molecule has 2 nitrogen and oxygen atoms in total. The van der Waals surface area contributed by atoms with E-state index in [0.29, 0.717) is 0 Å². The van der Waals surface area contributed by atoms with Crippen molar-refractivity contribution in [3.05, 3.63) is 12.2 Å². The van der Waals surface area contributed by atoms with Gasteiger partial charge >= 0.3 is 0 Å². The number of piperazine rings is 1. The molecule has 0 aromatic carbocycles. The Labute approximate surface area is 130 Å². The predicted octanol–water partition coefficient (Wildman–Crippen LogP) is 3.54. The zero-order valence-electron chi connectivity index (χ0n) is 13.6. The van der Waals surface area contributed by atoms with Gasteiger partial charge < -0.3 is 4.90 Å². The van der Waals surface area contributed by atoms with Gasteiger partial charge in [0.05, 0.1) is 0 Å². The second kappa shape index (κ2) is 6.42. The second-order valence-corrected chi connectivity index (χ2v) is 8.02. The summed E-state index contributed by atoms with van der Waals surface area (Å²) in [5, 5.41) is 0. The topological polar surface area (TPSA) is 6.48 Å². The molecule has 118 valence electrons. The van der Waals surface area contributed by atoms with Crippen LogP contribution in [0.5, 0.6) is 0 Å². The summed E-state index contributed by atoms with van der Waals surface area (Å²) in [6, 6.07) is 0.917. The van der Waals surface area contributed by atoms with Gasteiger partial charge in [0.15, 0.2) is 0 Å². The number of hydrogen-bond acceptors (Lipinski definition) is 2. The molecule has 2 saturated carbocycles. The highest BCUT2D eigenvalue weighted by Gasteiger charge is 2.36. The van der Waals surface area contributed by atoms with E-state index in [4.69, 9.17) is 0 Å². The minimum absolute atomic E-state index is 0.917. The number of nitrogens with zero attached hydrogens (tertiary/aromatic N) is 2. The van der Waals surface area contributed by atoms with Gasteiger partial charge in [0.25, 0.3) is 0 Å². The predicted molar refractivity (Wildman–Crippen MR) is 88.3 cm³/mol. The lowest BCUT2D eigenvalue weighted by molar-refractivity contribution is 0.0770. The molecule has 0 aromatic rings. The smallest absolute Gasteiger partial charge is 0.0113 e. The zero-order valence-corrected chi connectivity index (χ0v) is 13.6. The van der Waals surface area contributed by atoms with Crippen molar-refractivity contribution in [3.8, 4) is 0 Å². The molecule has 4 rings (SSSR count). The fourth-order valence-electron chi connectivity index (χ4n) is 5.37. The molecule has 3 atom stereocenters. The highest BCUT2D eigenvalue weighted by Crippen LogP contribution is 2.43. The fraction of sp³-hybridized carbons (Fsp3) is 0.895. The van der Waals surface area contributed by atoms with Crippen LogP contribution in [0.15, 0.2) is 12.2 Å². The molecule has 1 aliphatic heterocycles. The van der Waals surface area contributed by atoms with Crippen molar-refractivity contribution < 1.29 is 0 Å². The maximum absolute atomic E-state index is 2.82. The molecular formula is C19H32N2. The Balaban J connectivity index is 1.24. The third-order valence-corrected chi connectivity index (χ3v) is 6.66. The summed E-state index contributed by atoms with van der Waals surface area (Å²) in [7, 11) is 0. The quantitative estimate of drug-likeness (QED) is 0.579. The van der Waals surface area contributed by atoms with Crippen LogP contribution in [0, 0.1) is 17.8 Å². The Morgan fingerprint density at radius 2 is 1.57 bits per heavy atom. The monoisotopic (exact) mass is 288 g/mol. The molecule has 1 heterocycles. The molecule has 3 unspecified atom stereocenters. The maximum Gasteiger partial charge on any atom is 0.0113 e. The molecule has 3 fully saturated rings. The second-order valence-electron chi connectivity index (χ2n) is 8.02. The Morgan fingerprint density at radius 1 is 0.810 bits per heavy atom. The molecule has 2 heteroatoms. The molecule has 0 spiro atoms. The maximum atomic E-state index is 2.82. The number of fused-ring (bicyclic) bond motifs is 2. The van der Waals surface area contributed by atoms with E-state index in [1.807, 2.05) is 0 Å². The van der Waals surface area contributed by atoms with E-state index in [1.54, 1.807) is 0 Å². The van der Waals surface area contributed by atoms with Gasteiger partial charge in [-0.15, -0.1) is 0 Å². The Kier molecular flexibility index (Phi) is 4.36. The minimum atomic E-state index is 0.917. The molecular weight excluding hydrogens is 256 g/mol. The largest absolute Gasteiger partial charge is 0.300 e. The first kappa shape index (κ1) is 14.3. The summed E-state index contributed by atoms with van der Waals surface area (Å²) < 4.78 is 0. The van der Waals surface area contributed by atoms with Crippen LogP contribution in [-0.4, -0.2) is 48.6 Å². The van der Waals surface area contributed by atoms with Crippen molar-refractivity contribution in [2.75, 3.05) is 32.7 Å². The van der Waals surface area contributed by atoms with E-state index in [0.717, 1.165) is 23.8 Å². The van der Waals surface area contributed by atoms with Crippen LogP contribution in [0.1, 0.15) is 51.4 Å². The summed E-state index contributed by atoms with van der Waals surface area (Å²) in [5.74, 6) is 2.84. The van der Waals surface area contributed by atoms with Gasteiger partial charge in [-0.05, 0) is 43.4 Å². The van der Waals surface area contributed by atoms with Crippen LogP contribution in [-0.2, 0) is 0 Å². The van der Waals surface area contributed by atoms with Crippen LogP contribution < -0.4 is 0 Å². The van der Waals surface area contributed by atoms with Crippen molar-refractivity contribution in [2.45, 2.75) is 57.4 Å². The van der Waals surface area contributed by atoms with Gasteiger partial charge in [-0.1, -0.05) is 37.8 Å². The SMILES string of the molecule is C1=CC2CC1CC2CN1CCN(C2CCCCCC2)CC1. The van der Waals surface area contributed by atoms with Crippen molar-refractivity contribution >= 4 is 0 Å². The highest BCUT2D eigenvalue weighted by atomic mass is 15.3. The van der Waals surface area contributed by atoms with Crippen molar-refractivity contribution in [1.29, 1.82) is 0 Å². The van der Waals surface area contributed by atoms with E-state index in [9.17, 15) is 0 Å². The summed E-state index contributed by atoms with van der Waals surface area (Å²) in [5.41, 5.74) is 0. The van der Waals surface area contributed by atoms with E-state index in [1.165, 1.54) is 84.1 Å². The van der Waals surface area contributed by atoms with Gasteiger partial charge in [0, 0.05) is 38.8 Å². The Morgan fingerprint density at radius 3 is 2.19 bits per heavy atom. The highest BCUT2D eigenvalue weighted by molar-refractivity contribution is 5.10. The molecule has 0 N–H and O–H groups in total. The molecule has 21 heavy (non-hydrogen) atoms. The Hall–Kier alpha value is -0.340. The number of rotatable bonds is 3. The van der Waals surface area contributed by atoms with Gasteiger partial charge in [-0.25, -0.2) is 0 Å². The van der Waals surface area contributed by atoms with Crippen LogP contribution in [0.25, 0.3) is 0 Å². The van der Waals surface area contributed by atoms with Crippen LogP contribution >= 0.6 is 0 Å². The van der Waals surface area contributed by atoms with Gasteiger partial charge in [-0.2, -0.15) is 0 Å². The normalized spacial score (nSPS) is 39.0. The van der Waals surface area contributed by atoms with Crippen LogP contribution in [0.3, 0.4) is 0 Å². The van der Waals surface area contributed by atoms with Crippen molar-refractivity contribution in [1.82, 2.24) is 9.80 Å². The van der Waals surface area contributed by atoms with Crippen molar-refractivity contribution in [3.63, 3.8) is 0 Å². The fourth-order valence-corrected chi connectivity index (χ4v) is 5.37. The van der Waals surface area contributed by atoms with Gasteiger partial charge in [0.1, 0.15) is 0 Å². The molecule has 2 bridgehead atoms. The summed E-state index contributed by atoms with van der Waals surface area (Å²) >= 11 is 0. The Bertz CT molecular complexity index is 362. The molecule has 0 aromatic heterocycles. The van der Waals surface area contributed by atoms with Crippen LogP contribution in [0.2, 0.25) is 0 Å². The zero-order chi connectivity index (χ0) is 14.1. The standard InChI is InChI=1S/C19H32N2/c1-2-4-6-19(5-3-1)21-11-9-20(10-12-21)15-18-14-16-7-8-17(18)13-16/h7-8,16-19H,1-6,9-15H2. The van der Waals surface area contributed by atoms with E-state index < -0.39 is 0 Å². The average Bonchev–Trinajstić information content (AvgIpc) is 3.02. The van der Waals surface area contributed by atoms with E-state index in [-0.39, 0.29) is 0 Å². The van der Waals surface area contributed by atoms with E-state index in [2.05, 4.69) is 22.0 Å². The number of hydrogen-bond donors (Lipinski definition) is 0. The first-order chi connectivity index (χ1) is 10.4. The molecule has 0 amide bonds. The summed E-state index contributed by atoms with van der Waals surface area (Å²) in [6.07, 6.45) is 16.8. The molecule has 4 aliphatic rings. The average molecular weight is 288 g/mol. The number of allylic oxidation sites excluding steroid dienone is 2. The summed E-state index contributed by atoms with van der Waals surface area (Å²) in [4.78, 5) is 5.59. The lowest BCUT2D eigenvalue weighted by atomic mass is 9.93. The van der Waals surface area contributed by atoms with Crippen LogP contribution in [0.4, 0.5) is 0 Å². The third-order valence-electron chi connectivity index (χ3n) is 6.66. The lowest BCUT2D eigenvalue weighted by Gasteiger charge is -2.40. The van der Waals surface area contributed by atoms with Gasteiger partial charge in [-0.3, -0.25) is 4.90 Å². The molecule has 3 aliphatic carbocycles. The molecule has 0 radical (unpaired) electrons. The van der Waals surface area contributed by atoms with E-state index >= 15 is 0 Å². The third kappa shape index (κ3) is 3.22. The lowest BCUT2D eigenvalue weighted by Crippen LogP contribution is -2.51. The van der Waals surface area contributed by atoms with Gasteiger partial charge in [0.2, 0.25) is 0 Å². The van der Waals surface area contributed by atoms with Crippen molar-refractivity contribution in [2.24, 2.45) is 17.8 Å².